The maximum absolute atomic E-state index is 5.44. The second-order valence-corrected chi connectivity index (χ2v) is 6.79. The van der Waals surface area contributed by atoms with E-state index in [1.165, 1.54) is 12.0 Å². The number of nitrogens with zero attached hydrogens (tertiary/aromatic N) is 2. The average Bonchev–Trinajstić information content (AvgIpc) is 3.16. The molecule has 0 aliphatic carbocycles. The number of benzene rings is 1. The molecular formula is C20H32N4O3. The van der Waals surface area contributed by atoms with Crippen LogP contribution in [0.25, 0.3) is 0 Å². The first-order valence-electron chi connectivity index (χ1n) is 10.1. The van der Waals surface area contributed by atoms with E-state index < -0.39 is 0 Å². The minimum atomic E-state index is 0.319. The van der Waals surface area contributed by atoms with Crippen LogP contribution < -0.4 is 20.1 Å². The first-order chi connectivity index (χ1) is 13.3. The molecule has 2 N–H and O–H groups in total. The molecule has 1 aromatic carbocycles. The second kappa shape index (κ2) is 11.0. The molecule has 27 heavy (non-hydrogen) atoms. The van der Waals surface area contributed by atoms with Gasteiger partial charge in [0.15, 0.2) is 17.5 Å². The number of morpholine rings is 1. The van der Waals surface area contributed by atoms with Gasteiger partial charge < -0.3 is 24.8 Å². The van der Waals surface area contributed by atoms with Crippen molar-refractivity contribution in [3.8, 4) is 11.5 Å². The van der Waals surface area contributed by atoms with Gasteiger partial charge in [0.05, 0.1) is 13.2 Å². The number of guanidine groups is 1. The summed E-state index contributed by atoms with van der Waals surface area (Å²) in [6.45, 7) is 9.97. The Bertz CT molecular complexity index is 603. The number of hydrogen-bond donors (Lipinski definition) is 2. The van der Waals surface area contributed by atoms with Crippen molar-refractivity contribution >= 4 is 5.96 Å². The number of unbranched alkanes of at least 4 members (excludes halogenated alkanes) is 1. The highest BCUT2D eigenvalue weighted by Crippen LogP contribution is 2.32. The first-order valence-corrected chi connectivity index (χ1v) is 10.1. The predicted octanol–water partition coefficient (Wildman–Crippen LogP) is 1.63. The zero-order valence-electron chi connectivity index (χ0n) is 16.3. The van der Waals surface area contributed by atoms with E-state index in [-0.39, 0.29) is 0 Å². The molecule has 1 saturated heterocycles. The molecule has 0 bridgehead atoms. The molecule has 1 aromatic rings. The molecular weight excluding hydrogens is 344 g/mol. The van der Waals surface area contributed by atoms with Gasteiger partial charge in [-0.1, -0.05) is 6.07 Å². The number of rotatable bonds is 9. The summed E-state index contributed by atoms with van der Waals surface area (Å²) < 4.78 is 16.2. The standard InChI is InChI=1S/C20H32N4O3/c1-2-21-20(22-8-3-4-10-24-11-13-25-14-12-24)23-9-7-17-5-6-18-19(15-17)27-16-26-18/h5-6,15H,2-4,7-14,16H2,1H3,(H2,21,22,23). The molecule has 0 atom stereocenters. The number of aliphatic imine (C=N–C) groups is 1. The van der Waals surface area contributed by atoms with Gasteiger partial charge in [-0.25, -0.2) is 0 Å². The Morgan fingerprint density at radius 3 is 2.81 bits per heavy atom. The van der Waals surface area contributed by atoms with Gasteiger partial charge in [0, 0.05) is 32.7 Å². The van der Waals surface area contributed by atoms with Crippen LogP contribution in [0.15, 0.2) is 23.2 Å². The van der Waals surface area contributed by atoms with E-state index in [4.69, 9.17) is 19.2 Å². The highest BCUT2D eigenvalue weighted by atomic mass is 16.7. The molecule has 1 fully saturated rings. The Morgan fingerprint density at radius 2 is 1.96 bits per heavy atom. The summed E-state index contributed by atoms with van der Waals surface area (Å²) >= 11 is 0. The third-order valence-electron chi connectivity index (χ3n) is 4.74. The van der Waals surface area contributed by atoms with Crippen molar-refractivity contribution in [2.75, 3.05) is 59.3 Å². The fraction of sp³-hybridized carbons (Fsp3) is 0.650. The third-order valence-corrected chi connectivity index (χ3v) is 4.74. The van der Waals surface area contributed by atoms with Crippen molar-refractivity contribution in [1.82, 2.24) is 15.5 Å². The van der Waals surface area contributed by atoms with Crippen LogP contribution in [0.2, 0.25) is 0 Å². The van der Waals surface area contributed by atoms with Crippen molar-refractivity contribution in [2.45, 2.75) is 26.2 Å². The molecule has 7 nitrogen and oxygen atoms in total. The van der Waals surface area contributed by atoms with Gasteiger partial charge in [0.2, 0.25) is 6.79 Å². The Balaban J connectivity index is 1.34. The lowest BCUT2D eigenvalue weighted by atomic mass is 10.1. The smallest absolute Gasteiger partial charge is 0.231 e. The predicted molar refractivity (Wildman–Crippen MR) is 107 cm³/mol. The van der Waals surface area contributed by atoms with Gasteiger partial charge in [-0.05, 0) is 50.4 Å². The fourth-order valence-electron chi connectivity index (χ4n) is 3.23. The molecule has 0 saturated carbocycles. The molecule has 0 radical (unpaired) electrons. The van der Waals surface area contributed by atoms with Crippen molar-refractivity contribution in [1.29, 1.82) is 0 Å². The molecule has 7 heteroatoms. The van der Waals surface area contributed by atoms with E-state index in [0.717, 1.165) is 82.8 Å². The maximum atomic E-state index is 5.44. The average molecular weight is 377 g/mol. The van der Waals surface area contributed by atoms with Crippen LogP contribution in [-0.4, -0.2) is 70.1 Å². The van der Waals surface area contributed by atoms with E-state index in [9.17, 15) is 0 Å². The molecule has 0 spiro atoms. The Kier molecular flexibility index (Phi) is 8.04. The topological polar surface area (TPSA) is 67.4 Å². The lowest BCUT2D eigenvalue weighted by Crippen LogP contribution is -2.38. The molecule has 2 heterocycles. The maximum Gasteiger partial charge on any atom is 0.231 e. The van der Waals surface area contributed by atoms with Crippen LogP contribution in [0.1, 0.15) is 25.3 Å². The fourth-order valence-corrected chi connectivity index (χ4v) is 3.23. The second-order valence-electron chi connectivity index (χ2n) is 6.79. The Labute approximate surface area is 162 Å². The van der Waals surface area contributed by atoms with E-state index in [0.29, 0.717) is 6.79 Å². The van der Waals surface area contributed by atoms with E-state index in [1.54, 1.807) is 0 Å². The van der Waals surface area contributed by atoms with Gasteiger partial charge in [-0.2, -0.15) is 0 Å². The first kappa shape index (κ1) is 19.8. The third kappa shape index (κ3) is 6.59. The van der Waals surface area contributed by atoms with Gasteiger partial charge in [0.1, 0.15) is 0 Å². The summed E-state index contributed by atoms with van der Waals surface area (Å²) in [6, 6.07) is 6.12. The molecule has 0 aromatic heterocycles. The SMILES string of the molecule is CCNC(=NCCCCN1CCOCC1)NCCc1ccc2c(c1)OCO2. The zero-order valence-corrected chi connectivity index (χ0v) is 16.3. The minimum absolute atomic E-state index is 0.319. The van der Waals surface area contributed by atoms with Crippen molar-refractivity contribution in [3.05, 3.63) is 23.8 Å². The number of nitrogens with one attached hydrogen (secondary N) is 2. The summed E-state index contributed by atoms with van der Waals surface area (Å²) in [5.41, 5.74) is 1.23. The van der Waals surface area contributed by atoms with Gasteiger partial charge >= 0.3 is 0 Å². The summed E-state index contributed by atoms with van der Waals surface area (Å²) in [5, 5.41) is 6.74. The molecule has 2 aliphatic rings. The molecule has 0 unspecified atom stereocenters. The number of fused-ring (bicyclic) bond motifs is 1. The normalized spacial score (nSPS) is 17.1. The summed E-state index contributed by atoms with van der Waals surface area (Å²) in [6.07, 6.45) is 3.20. The minimum Gasteiger partial charge on any atom is -0.454 e. The van der Waals surface area contributed by atoms with Crippen LogP contribution in [0.5, 0.6) is 11.5 Å². The van der Waals surface area contributed by atoms with Crippen LogP contribution in [0, 0.1) is 0 Å². The van der Waals surface area contributed by atoms with Crippen LogP contribution >= 0.6 is 0 Å². The monoisotopic (exact) mass is 376 g/mol. The van der Waals surface area contributed by atoms with Crippen molar-refractivity contribution in [2.24, 2.45) is 4.99 Å². The summed E-state index contributed by atoms with van der Waals surface area (Å²) in [4.78, 5) is 7.17. The zero-order chi connectivity index (χ0) is 18.7. The van der Waals surface area contributed by atoms with Gasteiger partial charge in [0.25, 0.3) is 0 Å². The van der Waals surface area contributed by atoms with Crippen molar-refractivity contribution < 1.29 is 14.2 Å². The van der Waals surface area contributed by atoms with E-state index in [1.807, 2.05) is 6.07 Å². The lowest BCUT2D eigenvalue weighted by molar-refractivity contribution is 0.0373. The van der Waals surface area contributed by atoms with Crippen LogP contribution in [-0.2, 0) is 11.2 Å². The number of hydrogen-bond acceptors (Lipinski definition) is 5. The quantitative estimate of drug-likeness (QED) is 0.388. The Morgan fingerprint density at radius 1 is 1.11 bits per heavy atom. The molecule has 2 aliphatic heterocycles. The lowest BCUT2D eigenvalue weighted by Gasteiger charge is -2.26. The molecule has 0 amide bonds. The van der Waals surface area contributed by atoms with Gasteiger partial charge in [-0.15, -0.1) is 0 Å². The van der Waals surface area contributed by atoms with Crippen LogP contribution in [0.3, 0.4) is 0 Å². The van der Waals surface area contributed by atoms with E-state index >= 15 is 0 Å². The van der Waals surface area contributed by atoms with Crippen LogP contribution in [0.4, 0.5) is 0 Å². The highest BCUT2D eigenvalue weighted by Gasteiger charge is 2.13. The van der Waals surface area contributed by atoms with E-state index in [2.05, 4.69) is 34.6 Å². The Hall–Kier alpha value is -1.99. The van der Waals surface area contributed by atoms with Crippen molar-refractivity contribution in [3.63, 3.8) is 0 Å². The summed E-state index contributed by atoms with van der Waals surface area (Å²) in [5.74, 6) is 2.57. The number of ether oxygens (including phenoxy) is 3. The molecule has 3 rings (SSSR count). The molecule has 150 valence electrons. The largest absolute Gasteiger partial charge is 0.454 e. The highest BCUT2D eigenvalue weighted by molar-refractivity contribution is 5.79. The van der Waals surface area contributed by atoms with Gasteiger partial charge in [-0.3, -0.25) is 9.89 Å². The summed E-state index contributed by atoms with van der Waals surface area (Å²) in [7, 11) is 0.